The zero-order valence-corrected chi connectivity index (χ0v) is 24.3. The summed E-state index contributed by atoms with van der Waals surface area (Å²) in [5.74, 6) is -0.942. The number of carbonyl (C=O) groups is 4. The third kappa shape index (κ3) is 6.97. The second-order valence-corrected chi connectivity index (χ2v) is 11.4. The number of ether oxygens (including phenoxy) is 2. The molecule has 1 aromatic rings. The van der Waals surface area contributed by atoms with E-state index in [-0.39, 0.29) is 17.7 Å². The van der Waals surface area contributed by atoms with E-state index in [1.165, 1.54) is 12.0 Å². The molecule has 0 N–H and O–H groups in total. The second kappa shape index (κ2) is 13.1. The monoisotopic (exact) mass is 538 g/mol. The summed E-state index contributed by atoms with van der Waals surface area (Å²) in [6.07, 6.45) is 3.85. The summed E-state index contributed by atoms with van der Waals surface area (Å²) in [4.78, 5) is 56.8. The first-order valence-electron chi connectivity index (χ1n) is 13.8. The van der Waals surface area contributed by atoms with Crippen LogP contribution in [0.15, 0.2) is 41.5 Å². The summed E-state index contributed by atoms with van der Waals surface area (Å²) >= 11 is 0. The highest BCUT2D eigenvalue weighted by molar-refractivity contribution is 6.36. The molecule has 1 aromatic carbocycles. The molecule has 1 saturated heterocycles. The molecule has 2 heterocycles. The summed E-state index contributed by atoms with van der Waals surface area (Å²) in [6.45, 7) is 12.7. The van der Waals surface area contributed by atoms with Gasteiger partial charge in [-0.3, -0.25) is 19.3 Å². The smallest absolute Gasteiger partial charge is 0.328 e. The molecule has 2 aliphatic heterocycles. The number of hydrogen-bond acceptors (Lipinski definition) is 6. The summed E-state index contributed by atoms with van der Waals surface area (Å²) in [7, 11) is 1.30. The molecule has 0 saturated carbocycles. The Labute approximate surface area is 232 Å². The lowest BCUT2D eigenvalue weighted by atomic mass is 9.95. The van der Waals surface area contributed by atoms with Crippen molar-refractivity contribution in [3.05, 3.63) is 47.1 Å². The van der Waals surface area contributed by atoms with Gasteiger partial charge in [-0.2, -0.15) is 0 Å². The second-order valence-electron chi connectivity index (χ2n) is 11.4. The minimum Gasteiger partial charge on any atom is -0.490 e. The van der Waals surface area contributed by atoms with Crippen LogP contribution in [0.5, 0.6) is 5.75 Å². The van der Waals surface area contributed by atoms with Crippen LogP contribution in [0.4, 0.5) is 0 Å². The van der Waals surface area contributed by atoms with E-state index in [0.29, 0.717) is 61.3 Å². The number of hydrogen-bond donors (Lipinski definition) is 0. The number of esters is 1. The van der Waals surface area contributed by atoms with Crippen molar-refractivity contribution in [2.75, 3.05) is 20.3 Å². The standard InChI is InChI=1S/C31H42N2O6/c1-19(2)14-16-39-23-12-10-22(11-13-23)27-24(17-20(3)4)28(34)33(30(27)36)26(18-21(5)6)29(35)32-15-8-9-25(32)31(37)38-7/h10-14,20-21,25-26H,8-9,15-18H2,1-7H3. The maximum absolute atomic E-state index is 14.0. The van der Waals surface area contributed by atoms with Crippen LogP contribution in [0.25, 0.3) is 5.57 Å². The number of benzene rings is 1. The molecule has 8 heteroatoms. The summed E-state index contributed by atoms with van der Waals surface area (Å²) in [5, 5.41) is 0. The van der Waals surface area contributed by atoms with E-state index in [0.717, 1.165) is 10.5 Å². The topological polar surface area (TPSA) is 93.2 Å². The molecule has 3 rings (SSSR count). The highest BCUT2D eigenvalue weighted by Gasteiger charge is 2.48. The number of allylic oxidation sites excluding steroid dienone is 1. The van der Waals surface area contributed by atoms with E-state index in [1.807, 2.05) is 47.6 Å². The van der Waals surface area contributed by atoms with Crippen molar-refractivity contribution >= 4 is 29.3 Å². The molecule has 0 spiro atoms. The molecular formula is C31H42N2O6. The molecule has 39 heavy (non-hydrogen) atoms. The third-order valence-electron chi connectivity index (χ3n) is 7.01. The number of amides is 3. The van der Waals surface area contributed by atoms with E-state index in [1.54, 1.807) is 24.3 Å². The largest absolute Gasteiger partial charge is 0.490 e. The Balaban J connectivity index is 1.97. The van der Waals surface area contributed by atoms with Crippen molar-refractivity contribution in [1.29, 1.82) is 0 Å². The van der Waals surface area contributed by atoms with Gasteiger partial charge in [0.2, 0.25) is 5.91 Å². The van der Waals surface area contributed by atoms with E-state index >= 15 is 0 Å². The quantitative estimate of drug-likeness (QED) is 0.229. The molecule has 8 nitrogen and oxygen atoms in total. The van der Waals surface area contributed by atoms with Gasteiger partial charge in [-0.1, -0.05) is 45.4 Å². The van der Waals surface area contributed by atoms with Crippen LogP contribution < -0.4 is 4.74 Å². The van der Waals surface area contributed by atoms with Gasteiger partial charge in [-0.05, 0) is 75.1 Å². The van der Waals surface area contributed by atoms with Crippen molar-refractivity contribution in [2.24, 2.45) is 11.8 Å². The Bertz CT molecular complexity index is 1140. The maximum Gasteiger partial charge on any atom is 0.328 e. The first-order valence-corrected chi connectivity index (χ1v) is 13.8. The lowest BCUT2D eigenvalue weighted by Gasteiger charge is -2.33. The van der Waals surface area contributed by atoms with Gasteiger partial charge in [-0.25, -0.2) is 4.79 Å². The van der Waals surface area contributed by atoms with E-state index in [4.69, 9.17) is 9.47 Å². The van der Waals surface area contributed by atoms with Gasteiger partial charge in [0, 0.05) is 12.1 Å². The fraction of sp³-hybridized carbons (Fsp3) is 0.548. The highest BCUT2D eigenvalue weighted by atomic mass is 16.5. The Morgan fingerprint density at radius 2 is 1.69 bits per heavy atom. The highest BCUT2D eigenvalue weighted by Crippen LogP contribution is 2.37. The van der Waals surface area contributed by atoms with Crippen LogP contribution in [-0.2, 0) is 23.9 Å². The number of carbonyl (C=O) groups excluding carboxylic acids is 4. The SMILES string of the molecule is COC(=O)C1CCCN1C(=O)C(CC(C)C)N1C(=O)C(CC(C)C)=C(c2ccc(OCC=C(C)C)cc2)C1=O. The average molecular weight is 539 g/mol. The van der Waals surface area contributed by atoms with Gasteiger partial charge in [0.25, 0.3) is 11.8 Å². The average Bonchev–Trinajstić information content (AvgIpc) is 3.45. The number of rotatable bonds is 11. The maximum atomic E-state index is 14.0. The molecule has 3 amide bonds. The van der Waals surface area contributed by atoms with Gasteiger partial charge in [0.05, 0.1) is 12.7 Å². The fourth-order valence-electron chi connectivity index (χ4n) is 5.16. The lowest BCUT2D eigenvalue weighted by Crippen LogP contribution is -2.54. The zero-order chi connectivity index (χ0) is 28.9. The predicted molar refractivity (Wildman–Crippen MR) is 150 cm³/mol. The van der Waals surface area contributed by atoms with Gasteiger partial charge >= 0.3 is 5.97 Å². The molecule has 0 aliphatic carbocycles. The first kappa shape index (κ1) is 30.1. The minimum atomic E-state index is -0.999. The van der Waals surface area contributed by atoms with E-state index < -0.39 is 29.9 Å². The van der Waals surface area contributed by atoms with Crippen LogP contribution in [-0.4, -0.2) is 65.8 Å². The molecule has 0 radical (unpaired) electrons. The third-order valence-corrected chi connectivity index (χ3v) is 7.01. The molecule has 2 atom stereocenters. The van der Waals surface area contributed by atoms with Crippen LogP contribution in [0.2, 0.25) is 0 Å². The van der Waals surface area contributed by atoms with Crippen molar-refractivity contribution in [3.63, 3.8) is 0 Å². The fourth-order valence-corrected chi connectivity index (χ4v) is 5.16. The Kier molecular flexibility index (Phi) is 10.1. The lowest BCUT2D eigenvalue weighted by molar-refractivity contribution is -0.156. The molecule has 2 unspecified atom stereocenters. The van der Waals surface area contributed by atoms with Gasteiger partial charge in [0.1, 0.15) is 24.4 Å². The predicted octanol–water partition coefficient (Wildman–Crippen LogP) is 4.78. The minimum absolute atomic E-state index is 0.0357. The van der Waals surface area contributed by atoms with Crippen LogP contribution in [0.3, 0.4) is 0 Å². The van der Waals surface area contributed by atoms with Crippen molar-refractivity contribution < 1.29 is 28.7 Å². The van der Waals surface area contributed by atoms with Crippen LogP contribution >= 0.6 is 0 Å². The number of imide groups is 1. The van der Waals surface area contributed by atoms with Crippen LogP contribution in [0.1, 0.15) is 72.8 Å². The van der Waals surface area contributed by atoms with Crippen LogP contribution in [0, 0.1) is 11.8 Å². The number of nitrogens with zero attached hydrogens (tertiary/aromatic N) is 2. The van der Waals surface area contributed by atoms with Gasteiger partial charge in [-0.15, -0.1) is 0 Å². The van der Waals surface area contributed by atoms with Crippen molar-refractivity contribution in [2.45, 2.75) is 79.3 Å². The molecule has 212 valence electrons. The molecule has 2 aliphatic rings. The van der Waals surface area contributed by atoms with E-state index in [2.05, 4.69) is 0 Å². The Morgan fingerprint density at radius 1 is 1.03 bits per heavy atom. The number of likely N-dealkylation sites (tertiary alicyclic amines) is 1. The molecule has 0 aromatic heterocycles. The normalized spacial score (nSPS) is 18.3. The Morgan fingerprint density at radius 3 is 2.26 bits per heavy atom. The Hall–Kier alpha value is -3.42. The molecular weight excluding hydrogens is 496 g/mol. The zero-order valence-electron chi connectivity index (χ0n) is 24.3. The van der Waals surface area contributed by atoms with E-state index in [9.17, 15) is 19.2 Å². The summed E-state index contributed by atoms with van der Waals surface area (Å²) in [5.41, 5.74) is 2.52. The van der Waals surface area contributed by atoms with Gasteiger partial charge in [0.15, 0.2) is 0 Å². The molecule has 1 fully saturated rings. The van der Waals surface area contributed by atoms with Crippen molar-refractivity contribution in [3.8, 4) is 5.75 Å². The summed E-state index contributed by atoms with van der Waals surface area (Å²) < 4.78 is 10.7. The summed E-state index contributed by atoms with van der Waals surface area (Å²) in [6, 6.07) is 5.45. The first-order chi connectivity index (χ1) is 18.5. The number of methoxy groups -OCH3 is 1. The van der Waals surface area contributed by atoms with Gasteiger partial charge < -0.3 is 14.4 Å². The molecule has 0 bridgehead atoms. The van der Waals surface area contributed by atoms with Crippen molar-refractivity contribution in [1.82, 2.24) is 9.80 Å².